The van der Waals surface area contributed by atoms with Crippen LogP contribution in [-0.4, -0.2) is 28.9 Å². The SMILES string of the molecule is CN1C(Cl)=[N+](C)C(c2ccccc2)C1c1ccccc1.[Cl-]. The molecule has 1 aliphatic heterocycles. The van der Waals surface area contributed by atoms with E-state index in [-0.39, 0.29) is 24.5 Å². The van der Waals surface area contributed by atoms with E-state index in [4.69, 9.17) is 11.6 Å². The smallest absolute Gasteiger partial charge is 0.345 e. The molecule has 110 valence electrons. The highest BCUT2D eigenvalue weighted by Crippen LogP contribution is 2.40. The fraction of sp³-hybridized carbons (Fsp3) is 0.235. The molecular weight excluding hydrogens is 303 g/mol. The maximum Gasteiger partial charge on any atom is 0.345 e. The van der Waals surface area contributed by atoms with E-state index in [0.717, 1.165) is 5.29 Å². The molecule has 2 aromatic carbocycles. The van der Waals surface area contributed by atoms with Crippen LogP contribution in [0.15, 0.2) is 60.7 Å². The Balaban J connectivity index is 0.00000161. The van der Waals surface area contributed by atoms with Crippen LogP contribution in [0, 0.1) is 0 Å². The second-order valence-electron chi connectivity index (χ2n) is 5.20. The molecule has 0 amide bonds. The Bertz CT molecular complexity index is 626. The van der Waals surface area contributed by atoms with E-state index in [1.54, 1.807) is 0 Å². The molecule has 1 heterocycles. The van der Waals surface area contributed by atoms with Crippen molar-refractivity contribution in [3.05, 3.63) is 71.8 Å². The van der Waals surface area contributed by atoms with Crippen LogP contribution >= 0.6 is 11.6 Å². The van der Waals surface area contributed by atoms with Gasteiger partial charge < -0.3 is 12.4 Å². The number of rotatable bonds is 2. The second-order valence-corrected chi connectivity index (χ2v) is 5.54. The number of hydrogen-bond acceptors (Lipinski definition) is 1. The Morgan fingerprint density at radius 1 is 0.905 bits per heavy atom. The summed E-state index contributed by atoms with van der Waals surface area (Å²) >= 11 is 6.47. The summed E-state index contributed by atoms with van der Waals surface area (Å²) in [5.74, 6) is 0. The largest absolute Gasteiger partial charge is 1.00 e. The molecule has 0 spiro atoms. The van der Waals surface area contributed by atoms with Crippen molar-refractivity contribution in [3.63, 3.8) is 0 Å². The molecule has 0 saturated carbocycles. The molecule has 1 aliphatic rings. The molecular formula is C17H18Cl2N2. The molecule has 2 aromatic rings. The Morgan fingerprint density at radius 3 is 1.90 bits per heavy atom. The minimum atomic E-state index is 0. The van der Waals surface area contributed by atoms with E-state index in [1.807, 2.05) is 12.1 Å². The van der Waals surface area contributed by atoms with Crippen molar-refractivity contribution >= 4 is 16.9 Å². The summed E-state index contributed by atoms with van der Waals surface area (Å²) in [6, 6.07) is 21.5. The van der Waals surface area contributed by atoms with Gasteiger partial charge in [-0.25, -0.2) is 9.48 Å². The van der Waals surface area contributed by atoms with Gasteiger partial charge in [-0.05, 0) is 0 Å². The van der Waals surface area contributed by atoms with E-state index >= 15 is 0 Å². The first-order valence-electron chi connectivity index (χ1n) is 6.78. The second kappa shape index (κ2) is 6.50. The average molecular weight is 321 g/mol. The maximum atomic E-state index is 6.47. The molecule has 0 saturated heterocycles. The van der Waals surface area contributed by atoms with E-state index in [0.29, 0.717) is 0 Å². The lowest BCUT2D eigenvalue weighted by Crippen LogP contribution is -3.00. The Hall–Kier alpha value is -1.51. The third-order valence-electron chi connectivity index (χ3n) is 4.00. The predicted molar refractivity (Wildman–Crippen MR) is 83.2 cm³/mol. The number of amidine groups is 1. The first-order valence-corrected chi connectivity index (χ1v) is 7.16. The van der Waals surface area contributed by atoms with Gasteiger partial charge in [-0.1, -0.05) is 60.7 Å². The lowest BCUT2D eigenvalue weighted by Gasteiger charge is -2.21. The van der Waals surface area contributed by atoms with Crippen molar-refractivity contribution in [1.82, 2.24) is 4.90 Å². The van der Waals surface area contributed by atoms with Crippen LogP contribution in [-0.2, 0) is 0 Å². The molecule has 2 nitrogen and oxygen atoms in total. The molecule has 0 aromatic heterocycles. The summed E-state index contributed by atoms with van der Waals surface area (Å²) in [6.45, 7) is 0. The van der Waals surface area contributed by atoms with Crippen molar-refractivity contribution in [2.75, 3.05) is 14.1 Å². The van der Waals surface area contributed by atoms with Crippen LogP contribution in [0.1, 0.15) is 23.2 Å². The van der Waals surface area contributed by atoms with Gasteiger partial charge >= 0.3 is 5.29 Å². The van der Waals surface area contributed by atoms with Crippen LogP contribution in [0.5, 0.6) is 0 Å². The molecule has 2 atom stereocenters. The molecule has 4 heteroatoms. The third-order valence-corrected chi connectivity index (χ3v) is 4.53. The van der Waals surface area contributed by atoms with Crippen LogP contribution < -0.4 is 12.4 Å². The minimum absolute atomic E-state index is 0. The van der Waals surface area contributed by atoms with Gasteiger partial charge in [0.2, 0.25) is 0 Å². The zero-order chi connectivity index (χ0) is 14.1. The number of nitrogens with zero attached hydrogens (tertiary/aromatic N) is 2. The Labute approximate surface area is 137 Å². The van der Waals surface area contributed by atoms with Gasteiger partial charge in [0.05, 0.1) is 14.1 Å². The van der Waals surface area contributed by atoms with Crippen molar-refractivity contribution in [2.24, 2.45) is 0 Å². The van der Waals surface area contributed by atoms with Gasteiger partial charge in [-0.2, -0.15) is 0 Å². The zero-order valence-electron chi connectivity index (χ0n) is 12.1. The van der Waals surface area contributed by atoms with Crippen LogP contribution in [0.4, 0.5) is 0 Å². The topological polar surface area (TPSA) is 6.25 Å². The van der Waals surface area contributed by atoms with Crippen molar-refractivity contribution < 1.29 is 17.0 Å². The molecule has 2 unspecified atom stereocenters. The normalized spacial score (nSPS) is 21.4. The molecule has 3 rings (SSSR count). The third kappa shape index (κ3) is 2.78. The van der Waals surface area contributed by atoms with Gasteiger partial charge in [0, 0.05) is 22.7 Å². The summed E-state index contributed by atoms with van der Waals surface area (Å²) in [6.07, 6.45) is 0. The van der Waals surface area contributed by atoms with Gasteiger partial charge in [0.25, 0.3) is 0 Å². The molecule has 0 fully saturated rings. The maximum absolute atomic E-state index is 6.47. The summed E-state index contributed by atoms with van der Waals surface area (Å²) in [5, 5.41) is 0.785. The number of halogens is 2. The first-order chi connectivity index (χ1) is 9.70. The van der Waals surface area contributed by atoms with Gasteiger partial charge in [0.15, 0.2) is 12.1 Å². The number of hydrogen-bond donors (Lipinski definition) is 0. The zero-order valence-corrected chi connectivity index (χ0v) is 13.6. The van der Waals surface area contributed by atoms with Gasteiger partial charge in [-0.15, -0.1) is 0 Å². The molecule has 0 radical (unpaired) electrons. The standard InChI is InChI=1S/C17H18ClN2.ClH/c1-19-15(13-9-5-3-6-10-13)16(20(2)17(19)18)14-11-7-4-8-12-14;/h3-12,15-16H,1-2H3;1H/q+1;/p-1. The summed E-state index contributed by atoms with van der Waals surface area (Å²) in [4.78, 5) is 2.15. The first kappa shape index (κ1) is 15.9. The minimum Gasteiger partial charge on any atom is -1.00 e. The van der Waals surface area contributed by atoms with Crippen molar-refractivity contribution in [2.45, 2.75) is 12.1 Å². The summed E-state index contributed by atoms with van der Waals surface area (Å²) in [5.41, 5.74) is 2.57. The fourth-order valence-electron chi connectivity index (χ4n) is 3.01. The number of benzene rings is 2. The van der Waals surface area contributed by atoms with E-state index < -0.39 is 0 Å². The molecule has 0 aliphatic carbocycles. The van der Waals surface area contributed by atoms with Crippen molar-refractivity contribution in [1.29, 1.82) is 0 Å². The van der Waals surface area contributed by atoms with E-state index in [9.17, 15) is 0 Å². The lowest BCUT2D eigenvalue weighted by atomic mass is 9.93. The average Bonchev–Trinajstić information content (AvgIpc) is 2.73. The summed E-state index contributed by atoms with van der Waals surface area (Å²) in [7, 11) is 4.11. The quantitative estimate of drug-likeness (QED) is 0.582. The number of likely N-dealkylation sites (N-methyl/N-ethyl adjacent to an activating group) is 2. The Kier molecular flexibility index (Phi) is 4.92. The summed E-state index contributed by atoms with van der Waals surface area (Å²) < 4.78 is 2.15. The van der Waals surface area contributed by atoms with E-state index in [1.165, 1.54) is 11.1 Å². The predicted octanol–water partition coefficient (Wildman–Crippen LogP) is 0.655. The highest BCUT2D eigenvalue weighted by Gasteiger charge is 2.45. The molecule has 0 bridgehead atoms. The lowest BCUT2D eigenvalue weighted by molar-refractivity contribution is -0.536. The van der Waals surface area contributed by atoms with Crippen molar-refractivity contribution in [3.8, 4) is 0 Å². The fourth-order valence-corrected chi connectivity index (χ4v) is 3.22. The van der Waals surface area contributed by atoms with Crippen LogP contribution in [0.25, 0.3) is 0 Å². The van der Waals surface area contributed by atoms with Gasteiger partial charge in [-0.3, -0.25) is 0 Å². The van der Waals surface area contributed by atoms with Gasteiger partial charge in [0.1, 0.15) is 0 Å². The molecule has 0 N–H and O–H groups in total. The van der Waals surface area contributed by atoms with Crippen LogP contribution in [0.3, 0.4) is 0 Å². The molecule has 21 heavy (non-hydrogen) atoms. The monoisotopic (exact) mass is 320 g/mol. The van der Waals surface area contributed by atoms with E-state index in [2.05, 4.69) is 72.1 Å². The highest BCUT2D eigenvalue weighted by molar-refractivity contribution is 6.63. The van der Waals surface area contributed by atoms with Crippen LogP contribution in [0.2, 0.25) is 0 Å². The highest BCUT2D eigenvalue weighted by atomic mass is 35.5. The Morgan fingerprint density at radius 2 is 1.38 bits per heavy atom.